The van der Waals surface area contributed by atoms with Gasteiger partial charge in [-0.25, -0.2) is 0 Å². The molecule has 0 heterocycles. The summed E-state index contributed by atoms with van der Waals surface area (Å²) in [5, 5.41) is 3.08. The Balaban J connectivity index is 3.09. The molecule has 0 saturated carbocycles. The van der Waals surface area contributed by atoms with Crippen LogP contribution in [0.3, 0.4) is 0 Å². The average molecular weight is 225 g/mol. The Morgan fingerprint density at radius 2 is 1.94 bits per heavy atom. The maximum atomic E-state index is 5.42. The molecule has 4 heteroatoms. The highest BCUT2D eigenvalue weighted by atomic mass is 16.5. The molecule has 0 spiro atoms. The number of likely N-dealkylation sites (N-methyl/N-ethyl adjacent to an activating group) is 1. The molecule has 1 aromatic carbocycles. The molecule has 1 atom stereocenters. The molecule has 1 rings (SSSR count). The highest BCUT2D eigenvalue weighted by molar-refractivity contribution is 5.47. The lowest BCUT2D eigenvalue weighted by molar-refractivity contribution is 0.101. The predicted molar refractivity (Wildman–Crippen MR) is 63.2 cm³/mol. The number of benzene rings is 1. The standard InChI is InChI=1S/C12H19NO3/c1-13-8-11(15-3)9-6-5-7-10(14-2)12(9)16-4/h5-7,11,13H,8H2,1-4H3/t11-/m0/s1. The van der Waals surface area contributed by atoms with E-state index in [1.54, 1.807) is 21.3 Å². The summed E-state index contributed by atoms with van der Waals surface area (Å²) >= 11 is 0. The number of rotatable bonds is 6. The Labute approximate surface area is 96.5 Å². The minimum atomic E-state index is -0.0463. The third kappa shape index (κ3) is 2.65. The van der Waals surface area contributed by atoms with Gasteiger partial charge in [0.2, 0.25) is 0 Å². The molecule has 0 unspecified atom stereocenters. The highest BCUT2D eigenvalue weighted by Gasteiger charge is 2.17. The molecule has 0 saturated heterocycles. The van der Waals surface area contributed by atoms with E-state index < -0.39 is 0 Å². The molecule has 16 heavy (non-hydrogen) atoms. The number of para-hydroxylation sites is 1. The molecule has 4 nitrogen and oxygen atoms in total. The average Bonchev–Trinajstić information content (AvgIpc) is 2.34. The van der Waals surface area contributed by atoms with Crippen molar-refractivity contribution in [2.75, 3.05) is 34.9 Å². The molecule has 1 aromatic rings. The van der Waals surface area contributed by atoms with Gasteiger partial charge in [-0.15, -0.1) is 0 Å². The van der Waals surface area contributed by atoms with Crippen LogP contribution in [-0.4, -0.2) is 34.9 Å². The van der Waals surface area contributed by atoms with Gasteiger partial charge in [0.25, 0.3) is 0 Å². The van der Waals surface area contributed by atoms with Gasteiger partial charge < -0.3 is 19.5 Å². The van der Waals surface area contributed by atoms with Crippen molar-refractivity contribution in [3.8, 4) is 11.5 Å². The van der Waals surface area contributed by atoms with Crippen molar-refractivity contribution in [1.29, 1.82) is 0 Å². The minimum Gasteiger partial charge on any atom is -0.493 e. The number of methoxy groups -OCH3 is 3. The largest absolute Gasteiger partial charge is 0.493 e. The molecule has 0 aliphatic carbocycles. The predicted octanol–water partition coefficient (Wildman–Crippen LogP) is 1.61. The molecular weight excluding hydrogens is 206 g/mol. The Morgan fingerprint density at radius 1 is 1.19 bits per heavy atom. The van der Waals surface area contributed by atoms with Gasteiger partial charge >= 0.3 is 0 Å². The van der Waals surface area contributed by atoms with Gasteiger partial charge in [-0.3, -0.25) is 0 Å². The first-order valence-electron chi connectivity index (χ1n) is 5.16. The number of hydrogen-bond acceptors (Lipinski definition) is 4. The van der Waals surface area contributed by atoms with E-state index in [4.69, 9.17) is 14.2 Å². The summed E-state index contributed by atoms with van der Waals surface area (Å²) in [7, 11) is 6.83. The van der Waals surface area contributed by atoms with E-state index in [-0.39, 0.29) is 6.10 Å². The third-order valence-electron chi connectivity index (χ3n) is 2.45. The molecule has 90 valence electrons. The van der Waals surface area contributed by atoms with Crippen molar-refractivity contribution in [1.82, 2.24) is 5.32 Å². The number of hydrogen-bond donors (Lipinski definition) is 1. The lowest BCUT2D eigenvalue weighted by atomic mass is 10.1. The van der Waals surface area contributed by atoms with Crippen LogP contribution in [0.15, 0.2) is 18.2 Å². The van der Waals surface area contributed by atoms with Gasteiger partial charge in [-0.1, -0.05) is 12.1 Å². The van der Waals surface area contributed by atoms with E-state index in [2.05, 4.69) is 5.32 Å². The molecule has 0 aliphatic rings. The summed E-state index contributed by atoms with van der Waals surface area (Å²) in [6, 6.07) is 5.78. The fourth-order valence-corrected chi connectivity index (χ4v) is 1.67. The zero-order chi connectivity index (χ0) is 12.0. The van der Waals surface area contributed by atoms with Crippen LogP contribution in [0.2, 0.25) is 0 Å². The molecule has 0 amide bonds. The Kier molecular flexibility index (Phi) is 5.08. The second-order valence-electron chi connectivity index (χ2n) is 3.36. The van der Waals surface area contributed by atoms with Crippen molar-refractivity contribution in [3.63, 3.8) is 0 Å². The second-order valence-corrected chi connectivity index (χ2v) is 3.36. The lowest BCUT2D eigenvalue weighted by Crippen LogP contribution is -2.19. The van der Waals surface area contributed by atoms with Crippen LogP contribution in [-0.2, 0) is 4.74 Å². The van der Waals surface area contributed by atoms with Crippen molar-refractivity contribution in [2.24, 2.45) is 0 Å². The first-order chi connectivity index (χ1) is 7.78. The van der Waals surface area contributed by atoms with Gasteiger partial charge in [0.1, 0.15) is 0 Å². The highest BCUT2D eigenvalue weighted by Crippen LogP contribution is 2.35. The van der Waals surface area contributed by atoms with E-state index in [0.29, 0.717) is 0 Å². The van der Waals surface area contributed by atoms with Gasteiger partial charge in [-0.05, 0) is 13.1 Å². The zero-order valence-electron chi connectivity index (χ0n) is 10.2. The third-order valence-corrected chi connectivity index (χ3v) is 2.45. The number of ether oxygens (including phenoxy) is 3. The maximum absolute atomic E-state index is 5.42. The van der Waals surface area contributed by atoms with Crippen LogP contribution in [0.1, 0.15) is 11.7 Å². The fraction of sp³-hybridized carbons (Fsp3) is 0.500. The van der Waals surface area contributed by atoms with E-state index in [9.17, 15) is 0 Å². The minimum absolute atomic E-state index is 0.0463. The van der Waals surface area contributed by atoms with Crippen LogP contribution in [0.5, 0.6) is 11.5 Å². The molecule has 0 radical (unpaired) electrons. The fourth-order valence-electron chi connectivity index (χ4n) is 1.67. The summed E-state index contributed by atoms with van der Waals surface area (Å²) in [5.41, 5.74) is 0.985. The molecule has 0 bridgehead atoms. The molecule has 0 fully saturated rings. The van der Waals surface area contributed by atoms with Gasteiger partial charge in [0, 0.05) is 19.2 Å². The van der Waals surface area contributed by atoms with Crippen LogP contribution in [0, 0.1) is 0 Å². The summed E-state index contributed by atoms with van der Waals surface area (Å²) < 4.78 is 16.0. The van der Waals surface area contributed by atoms with Gasteiger partial charge in [0.05, 0.1) is 20.3 Å². The molecule has 0 aromatic heterocycles. The Hall–Kier alpha value is -1.26. The monoisotopic (exact) mass is 225 g/mol. The quantitative estimate of drug-likeness (QED) is 0.798. The van der Waals surface area contributed by atoms with Gasteiger partial charge in [0.15, 0.2) is 11.5 Å². The van der Waals surface area contributed by atoms with Crippen LogP contribution >= 0.6 is 0 Å². The SMILES string of the molecule is CNC[C@H](OC)c1cccc(OC)c1OC. The van der Waals surface area contributed by atoms with E-state index in [1.165, 1.54) is 0 Å². The second kappa shape index (κ2) is 6.35. The first-order valence-corrected chi connectivity index (χ1v) is 5.16. The Morgan fingerprint density at radius 3 is 2.44 bits per heavy atom. The van der Waals surface area contributed by atoms with Crippen LogP contribution in [0.4, 0.5) is 0 Å². The van der Waals surface area contributed by atoms with Crippen LogP contribution in [0.25, 0.3) is 0 Å². The maximum Gasteiger partial charge on any atom is 0.166 e. The van der Waals surface area contributed by atoms with Crippen molar-refractivity contribution in [2.45, 2.75) is 6.10 Å². The topological polar surface area (TPSA) is 39.7 Å². The molecule has 0 aliphatic heterocycles. The summed E-state index contributed by atoms with van der Waals surface area (Å²) in [6.45, 7) is 0.722. The number of nitrogens with one attached hydrogen (secondary N) is 1. The summed E-state index contributed by atoms with van der Waals surface area (Å²) in [4.78, 5) is 0. The van der Waals surface area contributed by atoms with E-state index in [0.717, 1.165) is 23.6 Å². The van der Waals surface area contributed by atoms with Crippen molar-refractivity contribution >= 4 is 0 Å². The van der Waals surface area contributed by atoms with Gasteiger partial charge in [-0.2, -0.15) is 0 Å². The summed E-state index contributed by atoms with van der Waals surface area (Å²) in [5.74, 6) is 1.45. The zero-order valence-corrected chi connectivity index (χ0v) is 10.2. The van der Waals surface area contributed by atoms with E-state index in [1.807, 2.05) is 25.2 Å². The Bertz CT molecular complexity index is 328. The van der Waals surface area contributed by atoms with Crippen LogP contribution < -0.4 is 14.8 Å². The van der Waals surface area contributed by atoms with E-state index >= 15 is 0 Å². The van der Waals surface area contributed by atoms with Crippen molar-refractivity contribution < 1.29 is 14.2 Å². The molecule has 1 N–H and O–H groups in total. The lowest BCUT2D eigenvalue weighted by Gasteiger charge is -2.19. The van der Waals surface area contributed by atoms with Crippen molar-refractivity contribution in [3.05, 3.63) is 23.8 Å². The summed E-state index contributed by atoms with van der Waals surface area (Å²) in [6.07, 6.45) is -0.0463. The first kappa shape index (κ1) is 12.8. The normalized spacial score (nSPS) is 12.2. The molecular formula is C12H19NO3. The smallest absolute Gasteiger partial charge is 0.166 e.